The van der Waals surface area contributed by atoms with Crippen LogP contribution in [0, 0.1) is 5.41 Å². The van der Waals surface area contributed by atoms with Crippen LogP contribution < -0.4 is 5.32 Å². The molecule has 1 unspecified atom stereocenters. The van der Waals surface area contributed by atoms with E-state index in [2.05, 4.69) is 10.3 Å². The maximum absolute atomic E-state index is 13.7. The quantitative estimate of drug-likeness (QED) is 0.520. The third-order valence-electron chi connectivity index (χ3n) is 6.39. The molecule has 2 heterocycles. The number of ketones is 1. The van der Waals surface area contributed by atoms with Crippen LogP contribution in [0.15, 0.2) is 89.5 Å². The number of benzene rings is 2. The maximum Gasteiger partial charge on any atom is 0.318 e. The molecule has 1 atom stereocenters. The average Bonchev–Trinajstić information content (AvgIpc) is 2.86. The number of hydrogen-bond acceptors (Lipinski definition) is 5. The summed E-state index contributed by atoms with van der Waals surface area (Å²) >= 11 is 0. The highest BCUT2D eigenvalue weighted by Crippen LogP contribution is 2.45. The molecule has 1 fully saturated rings. The molecular weight excluding hydrogens is 474 g/mol. The van der Waals surface area contributed by atoms with Gasteiger partial charge in [0.05, 0.1) is 28.6 Å². The lowest BCUT2D eigenvalue weighted by molar-refractivity contribution is -0.129. The van der Waals surface area contributed by atoms with Crippen LogP contribution in [-0.4, -0.2) is 42.9 Å². The molecule has 0 bridgehead atoms. The standard InChI is InChI=1S/C28H29N3O4S/c1-28(2)25(21-12-14-24(15-13-21)36(3,34)35)31(27(33)30-18-20-9-5-4-6-10-20)19-22(26(28)32)17-23-11-7-8-16-29-23/h4-17,25H,18-19H2,1-3H3,(H,30,33). The van der Waals surface area contributed by atoms with Crippen molar-refractivity contribution in [3.8, 4) is 0 Å². The first kappa shape index (κ1) is 25.3. The van der Waals surface area contributed by atoms with Gasteiger partial charge in [0, 0.05) is 24.6 Å². The first-order valence-corrected chi connectivity index (χ1v) is 13.5. The number of likely N-dealkylation sites (tertiary alicyclic amines) is 1. The topological polar surface area (TPSA) is 96.4 Å². The highest BCUT2D eigenvalue weighted by molar-refractivity contribution is 7.90. The first-order chi connectivity index (χ1) is 17.1. The molecule has 1 aromatic heterocycles. The van der Waals surface area contributed by atoms with Crippen LogP contribution in [0.5, 0.6) is 0 Å². The number of urea groups is 1. The van der Waals surface area contributed by atoms with E-state index >= 15 is 0 Å². The molecule has 186 valence electrons. The van der Waals surface area contributed by atoms with Crippen molar-refractivity contribution in [1.29, 1.82) is 0 Å². The minimum Gasteiger partial charge on any atom is -0.334 e. The Kier molecular flexibility index (Phi) is 7.08. The van der Waals surface area contributed by atoms with Crippen LogP contribution in [-0.2, 0) is 21.2 Å². The van der Waals surface area contributed by atoms with E-state index in [0.29, 0.717) is 23.4 Å². The lowest BCUT2D eigenvalue weighted by atomic mass is 9.70. The summed E-state index contributed by atoms with van der Waals surface area (Å²) in [6.45, 7) is 4.06. The van der Waals surface area contributed by atoms with Crippen molar-refractivity contribution in [2.45, 2.75) is 31.3 Å². The molecule has 2 aromatic carbocycles. The molecule has 0 aliphatic carbocycles. The van der Waals surface area contributed by atoms with E-state index < -0.39 is 21.3 Å². The van der Waals surface area contributed by atoms with Crippen molar-refractivity contribution in [3.05, 3.63) is 101 Å². The number of carbonyl (C=O) groups is 2. The van der Waals surface area contributed by atoms with Crippen molar-refractivity contribution in [2.75, 3.05) is 12.8 Å². The van der Waals surface area contributed by atoms with E-state index in [1.54, 1.807) is 35.4 Å². The van der Waals surface area contributed by atoms with E-state index in [-0.39, 0.29) is 23.3 Å². The number of aromatic nitrogens is 1. The highest BCUT2D eigenvalue weighted by Gasteiger charge is 2.48. The molecule has 7 nitrogen and oxygen atoms in total. The fraction of sp³-hybridized carbons (Fsp3) is 0.250. The van der Waals surface area contributed by atoms with Gasteiger partial charge in [0.25, 0.3) is 0 Å². The van der Waals surface area contributed by atoms with Crippen LogP contribution in [0.2, 0.25) is 0 Å². The van der Waals surface area contributed by atoms with E-state index in [4.69, 9.17) is 0 Å². The SMILES string of the molecule is CC1(C)C(=O)C(=Cc2ccccn2)CN(C(=O)NCc2ccccc2)C1c1ccc(S(C)(=O)=O)cc1. The number of nitrogens with one attached hydrogen (secondary N) is 1. The monoisotopic (exact) mass is 503 g/mol. The summed E-state index contributed by atoms with van der Waals surface area (Å²) < 4.78 is 23.9. The molecule has 0 saturated carbocycles. The third kappa shape index (κ3) is 5.39. The highest BCUT2D eigenvalue weighted by atomic mass is 32.2. The van der Waals surface area contributed by atoms with Gasteiger partial charge in [-0.3, -0.25) is 9.78 Å². The van der Waals surface area contributed by atoms with Crippen LogP contribution in [0.3, 0.4) is 0 Å². The van der Waals surface area contributed by atoms with E-state index in [9.17, 15) is 18.0 Å². The van der Waals surface area contributed by atoms with Crippen molar-refractivity contribution in [3.63, 3.8) is 0 Å². The Bertz CT molecular complexity index is 1380. The molecule has 1 aliphatic rings. The van der Waals surface area contributed by atoms with Crippen LogP contribution >= 0.6 is 0 Å². The number of carbonyl (C=O) groups excluding carboxylic acids is 2. The van der Waals surface area contributed by atoms with E-state index in [1.165, 1.54) is 12.1 Å². The second kappa shape index (κ2) is 10.1. The molecular formula is C28H29N3O4S. The van der Waals surface area contributed by atoms with Crippen molar-refractivity contribution < 1.29 is 18.0 Å². The van der Waals surface area contributed by atoms with Gasteiger partial charge in [-0.15, -0.1) is 0 Å². The summed E-state index contributed by atoms with van der Waals surface area (Å²) in [5.41, 5.74) is 1.79. The largest absolute Gasteiger partial charge is 0.334 e. The fourth-order valence-electron chi connectivity index (χ4n) is 4.58. The Morgan fingerprint density at radius 3 is 2.33 bits per heavy atom. The van der Waals surface area contributed by atoms with Gasteiger partial charge in [0.2, 0.25) is 0 Å². The van der Waals surface area contributed by atoms with Crippen LogP contribution in [0.4, 0.5) is 4.79 Å². The number of amides is 2. The number of piperidine rings is 1. The van der Waals surface area contributed by atoms with Crippen molar-refractivity contribution in [2.24, 2.45) is 5.41 Å². The normalized spacial score (nSPS) is 18.8. The smallest absolute Gasteiger partial charge is 0.318 e. The van der Waals surface area contributed by atoms with Crippen molar-refractivity contribution >= 4 is 27.7 Å². The van der Waals surface area contributed by atoms with Gasteiger partial charge in [0.1, 0.15) is 0 Å². The number of sulfone groups is 1. The zero-order valence-electron chi connectivity index (χ0n) is 20.5. The fourth-order valence-corrected chi connectivity index (χ4v) is 5.21. The Balaban J connectivity index is 1.73. The second-order valence-corrected chi connectivity index (χ2v) is 11.5. The predicted octanol–water partition coefficient (Wildman–Crippen LogP) is 4.43. The van der Waals surface area contributed by atoms with Gasteiger partial charge in [-0.05, 0) is 41.5 Å². The Morgan fingerprint density at radius 1 is 1.06 bits per heavy atom. The van der Waals surface area contributed by atoms with Crippen molar-refractivity contribution in [1.82, 2.24) is 15.2 Å². The molecule has 1 saturated heterocycles. The van der Waals surface area contributed by atoms with E-state index in [0.717, 1.165) is 11.8 Å². The minimum atomic E-state index is -3.38. The zero-order chi connectivity index (χ0) is 25.9. The third-order valence-corrected chi connectivity index (χ3v) is 7.52. The predicted molar refractivity (Wildman–Crippen MR) is 139 cm³/mol. The molecule has 2 amide bonds. The Hall–Kier alpha value is -3.78. The zero-order valence-corrected chi connectivity index (χ0v) is 21.3. The molecule has 4 rings (SSSR count). The second-order valence-electron chi connectivity index (χ2n) is 9.49. The molecule has 0 spiro atoms. The molecule has 0 radical (unpaired) electrons. The molecule has 8 heteroatoms. The van der Waals surface area contributed by atoms with Gasteiger partial charge in [-0.2, -0.15) is 0 Å². The summed E-state index contributed by atoms with van der Waals surface area (Å²) in [7, 11) is -3.38. The molecule has 1 aliphatic heterocycles. The lowest BCUT2D eigenvalue weighted by Gasteiger charge is -2.46. The summed E-state index contributed by atoms with van der Waals surface area (Å²) in [4.78, 5) is 33.3. The van der Waals surface area contributed by atoms with Gasteiger partial charge < -0.3 is 10.2 Å². The minimum absolute atomic E-state index is 0.0857. The lowest BCUT2D eigenvalue weighted by Crippen LogP contribution is -2.54. The number of nitrogens with zero attached hydrogens (tertiary/aromatic N) is 2. The first-order valence-electron chi connectivity index (χ1n) is 11.6. The maximum atomic E-state index is 13.7. The van der Waals surface area contributed by atoms with Gasteiger partial charge in [-0.25, -0.2) is 13.2 Å². The number of pyridine rings is 1. The van der Waals surface area contributed by atoms with Gasteiger partial charge in [0.15, 0.2) is 15.6 Å². The molecule has 1 N–H and O–H groups in total. The average molecular weight is 504 g/mol. The van der Waals surface area contributed by atoms with Crippen LogP contribution in [0.25, 0.3) is 6.08 Å². The number of hydrogen-bond donors (Lipinski definition) is 1. The number of rotatable bonds is 5. The summed E-state index contributed by atoms with van der Waals surface area (Å²) in [6.07, 6.45) is 4.53. The Labute approximate surface area is 211 Å². The number of Topliss-reactive ketones (excluding diaryl/α,β-unsaturated/α-hetero) is 1. The van der Waals surface area contributed by atoms with Gasteiger partial charge in [-0.1, -0.05) is 62.4 Å². The summed E-state index contributed by atoms with van der Waals surface area (Å²) in [5.74, 6) is -0.0857. The van der Waals surface area contributed by atoms with Gasteiger partial charge >= 0.3 is 6.03 Å². The molecule has 3 aromatic rings. The van der Waals surface area contributed by atoms with Crippen LogP contribution in [0.1, 0.15) is 36.7 Å². The van der Waals surface area contributed by atoms with E-state index in [1.807, 2.05) is 56.3 Å². The Morgan fingerprint density at radius 2 is 1.72 bits per heavy atom. The molecule has 36 heavy (non-hydrogen) atoms. The summed E-state index contributed by atoms with van der Waals surface area (Å²) in [6, 6.07) is 20.5. The summed E-state index contributed by atoms with van der Waals surface area (Å²) in [5, 5.41) is 2.98.